The van der Waals surface area contributed by atoms with Crippen molar-refractivity contribution in [3.05, 3.63) is 12.2 Å². The summed E-state index contributed by atoms with van der Waals surface area (Å²) >= 11 is 0. The molecule has 1 heteroatoms. The van der Waals surface area contributed by atoms with E-state index in [0.717, 1.165) is 5.57 Å². The zero-order chi connectivity index (χ0) is 11.8. The Morgan fingerprint density at radius 2 is 1.88 bits per heavy atom. The zero-order valence-corrected chi connectivity index (χ0v) is 10.8. The third-order valence-electron chi connectivity index (χ3n) is 6.59. The Balaban J connectivity index is 2.21. The van der Waals surface area contributed by atoms with Crippen LogP contribution in [0.1, 0.15) is 52.9 Å². The summed E-state index contributed by atoms with van der Waals surface area (Å²) in [5.74, 6) is 0.585. The van der Waals surface area contributed by atoms with Crippen LogP contribution in [0.15, 0.2) is 12.2 Å². The predicted molar refractivity (Wildman–Crippen MR) is 66.0 cm³/mol. The molecule has 0 unspecified atom stereocenters. The van der Waals surface area contributed by atoms with E-state index in [-0.39, 0.29) is 16.9 Å². The van der Waals surface area contributed by atoms with Crippen LogP contribution in [0.25, 0.3) is 0 Å². The maximum Gasteiger partial charge on any atom is 0.0817 e. The molecule has 0 aromatic rings. The summed E-state index contributed by atoms with van der Waals surface area (Å²) in [6, 6.07) is 0. The van der Waals surface area contributed by atoms with Gasteiger partial charge >= 0.3 is 0 Å². The Morgan fingerprint density at radius 1 is 1.19 bits per heavy atom. The van der Waals surface area contributed by atoms with Crippen molar-refractivity contribution in [1.82, 2.24) is 0 Å². The summed E-state index contributed by atoms with van der Waals surface area (Å²) in [5, 5.41) is 10.7. The van der Waals surface area contributed by atoms with Gasteiger partial charge in [-0.25, -0.2) is 0 Å². The molecule has 1 nitrogen and oxygen atoms in total. The van der Waals surface area contributed by atoms with Crippen LogP contribution in [0.4, 0.5) is 0 Å². The van der Waals surface area contributed by atoms with Crippen LogP contribution in [0.2, 0.25) is 0 Å². The van der Waals surface area contributed by atoms with E-state index in [9.17, 15) is 5.11 Å². The Kier molecular flexibility index (Phi) is 1.86. The molecule has 90 valence electrons. The molecular weight excluding hydrogens is 196 g/mol. The summed E-state index contributed by atoms with van der Waals surface area (Å²) in [7, 11) is 0. The highest BCUT2D eigenvalue weighted by Gasteiger charge is 2.73. The topological polar surface area (TPSA) is 20.2 Å². The van der Waals surface area contributed by atoms with Gasteiger partial charge in [0.25, 0.3) is 0 Å². The third-order valence-corrected chi connectivity index (χ3v) is 6.59. The highest BCUT2D eigenvalue weighted by atomic mass is 16.3. The predicted octanol–water partition coefficient (Wildman–Crippen LogP) is 3.53. The fourth-order valence-electron chi connectivity index (χ4n) is 5.84. The normalized spacial score (nSPS) is 54.1. The van der Waals surface area contributed by atoms with E-state index in [4.69, 9.17) is 0 Å². The molecule has 3 fully saturated rings. The van der Waals surface area contributed by atoms with Gasteiger partial charge in [-0.1, -0.05) is 33.8 Å². The van der Waals surface area contributed by atoms with Crippen LogP contribution in [0.3, 0.4) is 0 Å². The number of aliphatic hydroxyl groups is 1. The van der Waals surface area contributed by atoms with Gasteiger partial charge in [0.05, 0.1) is 6.10 Å². The summed E-state index contributed by atoms with van der Waals surface area (Å²) < 4.78 is 0. The smallest absolute Gasteiger partial charge is 0.0817 e. The first-order valence-electron chi connectivity index (χ1n) is 6.74. The number of hydrogen-bond acceptors (Lipinski definition) is 1. The van der Waals surface area contributed by atoms with Gasteiger partial charge in [0.1, 0.15) is 0 Å². The lowest BCUT2D eigenvalue weighted by Crippen LogP contribution is -2.53. The van der Waals surface area contributed by atoms with E-state index >= 15 is 0 Å². The van der Waals surface area contributed by atoms with E-state index in [1.165, 1.54) is 32.1 Å². The fraction of sp³-hybridized carbons (Fsp3) is 0.867. The maximum absolute atomic E-state index is 10.7. The van der Waals surface area contributed by atoms with E-state index < -0.39 is 0 Å². The van der Waals surface area contributed by atoms with Crippen molar-refractivity contribution in [2.24, 2.45) is 22.2 Å². The molecule has 0 aromatic carbocycles. The summed E-state index contributed by atoms with van der Waals surface area (Å²) in [4.78, 5) is 0. The number of rotatable bonds is 0. The fourth-order valence-corrected chi connectivity index (χ4v) is 5.84. The van der Waals surface area contributed by atoms with Crippen molar-refractivity contribution >= 4 is 0 Å². The molecule has 3 aliphatic rings. The molecule has 3 aliphatic carbocycles. The first kappa shape index (κ1) is 10.8. The van der Waals surface area contributed by atoms with Gasteiger partial charge in [0, 0.05) is 5.41 Å². The largest absolute Gasteiger partial charge is 0.388 e. The van der Waals surface area contributed by atoms with Gasteiger partial charge in [-0.15, -0.1) is 0 Å². The monoisotopic (exact) mass is 220 g/mol. The van der Waals surface area contributed by atoms with Crippen LogP contribution in [0.5, 0.6) is 0 Å². The highest BCUT2D eigenvalue weighted by Crippen LogP contribution is 2.77. The molecule has 0 amide bonds. The quantitative estimate of drug-likeness (QED) is 0.619. The molecular formula is C15H24O. The Bertz CT molecular complexity index is 356. The second-order valence-corrected chi connectivity index (χ2v) is 7.19. The van der Waals surface area contributed by atoms with Crippen LogP contribution < -0.4 is 0 Å². The van der Waals surface area contributed by atoms with Crippen LogP contribution in [-0.4, -0.2) is 11.2 Å². The average Bonchev–Trinajstić information content (AvgIpc) is 2.57. The molecule has 4 atom stereocenters. The minimum Gasteiger partial charge on any atom is -0.388 e. The van der Waals surface area contributed by atoms with Gasteiger partial charge in [-0.05, 0) is 48.0 Å². The van der Waals surface area contributed by atoms with Crippen LogP contribution in [0, 0.1) is 22.2 Å². The van der Waals surface area contributed by atoms with E-state index in [1.54, 1.807) is 0 Å². The van der Waals surface area contributed by atoms with Gasteiger partial charge in [0.15, 0.2) is 0 Å². The lowest BCUT2D eigenvalue weighted by Gasteiger charge is -2.57. The van der Waals surface area contributed by atoms with Crippen molar-refractivity contribution in [2.45, 2.75) is 59.0 Å². The molecule has 0 aliphatic heterocycles. The molecule has 0 saturated heterocycles. The zero-order valence-electron chi connectivity index (χ0n) is 10.8. The number of hydrogen-bond donors (Lipinski definition) is 1. The molecule has 0 radical (unpaired) electrons. The molecule has 0 aromatic heterocycles. The molecule has 0 heterocycles. The first-order valence-corrected chi connectivity index (χ1v) is 6.74. The highest BCUT2D eigenvalue weighted by molar-refractivity contribution is 5.34. The summed E-state index contributed by atoms with van der Waals surface area (Å²) in [5.41, 5.74) is 1.86. The molecule has 3 rings (SSSR count). The average molecular weight is 220 g/mol. The molecule has 3 saturated carbocycles. The van der Waals surface area contributed by atoms with Gasteiger partial charge in [-0.2, -0.15) is 0 Å². The second-order valence-electron chi connectivity index (χ2n) is 7.19. The summed E-state index contributed by atoms with van der Waals surface area (Å²) in [6.07, 6.45) is 6.10. The SMILES string of the molecule is C=C1[C@@H](O)[C@@]23CC[C@@H]1[C@@]2(C)CCCC3(C)C. The molecule has 0 spiro atoms. The van der Waals surface area contributed by atoms with Gasteiger partial charge < -0.3 is 5.11 Å². The molecule has 2 bridgehead atoms. The minimum absolute atomic E-state index is 0.125. The Morgan fingerprint density at radius 3 is 2.50 bits per heavy atom. The van der Waals surface area contributed by atoms with Crippen molar-refractivity contribution in [2.75, 3.05) is 0 Å². The van der Waals surface area contributed by atoms with E-state index in [2.05, 4.69) is 27.4 Å². The van der Waals surface area contributed by atoms with Crippen LogP contribution >= 0.6 is 0 Å². The van der Waals surface area contributed by atoms with Crippen molar-refractivity contribution in [3.63, 3.8) is 0 Å². The lowest BCUT2D eigenvalue weighted by molar-refractivity contribution is -0.124. The number of aliphatic hydroxyl groups excluding tert-OH is 1. The standard InChI is InChI=1S/C15H24O/c1-10-11-6-9-15(12(10)16)13(2,3)7-5-8-14(11,15)4/h11-12,16H,1,5-9H2,2-4H3/t11-,12+,14+,15+/m0/s1. The van der Waals surface area contributed by atoms with Crippen LogP contribution in [-0.2, 0) is 0 Å². The van der Waals surface area contributed by atoms with Gasteiger partial charge in [0.2, 0.25) is 0 Å². The van der Waals surface area contributed by atoms with Gasteiger partial charge in [-0.3, -0.25) is 0 Å². The lowest BCUT2D eigenvalue weighted by atomic mass is 9.48. The first-order chi connectivity index (χ1) is 7.37. The summed E-state index contributed by atoms with van der Waals surface area (Å²) in [6.45, 7) is 11.4. The Hall–Kier alpha value is -0.300. The van der Waals surface area contributed by atoms with E-state index in [1.807, 2.05) is 0 Å². The minimum atomic E-state index is -0.244. The van der Waals surface area contributed by atoms with Crippen molar-refractivity contribution in [1.29, 1.82) is 0 Å². The third kappa shape index (κ3) is 0.827. The molecule has 1 N–H and O–H groups in total. The maximum atomic E-state index is 10.7. The van der Waals surface area contributed by atoms with Crippen molar-refractivity contribution in [3.8, 4) is 0 Å². The van der Waals surface area contributed by atoms with Crippen molar-refractivity contribution < 1.29 is 5.11 Å². The Labute approximate surface area is 98.9 Å². The molecule has 16 heavy (non-hydrogen) atoms. The second kappa shape index (κ2) is 2.75. The van der Waals surface area contributed by atoms with E-state index in [0.29, 0.717) is 11.3 Å².